The number of β-amino-alcohol motifs (C(OH)–C–C–N with tert-alkyl or cyclic N) is 1. The Bertz CT molecular complexity index is 520. The SMILES string of the molecule is O[C@H](COc1ccccc1CNCCN1CCCC1)CN1CCSCC1. The first-order valence-corrected chi connectivity index (χ1v) is 11.1. The van der Waals surface area contributed by atoms with E-state index in [0.29, 0.717) is 13.2 Å². The molecule has 0 radical (unpaired) electrons. The van der Waals surface area contributed by atoms with E-state index in [4.69, 9.17) is 4.74 Å². The van der Waals surface area contributed by atoms with Crippen LogP contribution in [-0.4, -0.2) is 84.9 Å². The van der Waals surface area contributed by atoms with Crippen molar-refractivity contribution in [2.75, 3.05) is 63.9 Å². The summed E-state index contributed by atoms with van der Waals surface area (Å²) in [5, 5.41) is 13.8. The van der Waals surface area contributed by atoms with Crippen LogP contribution in [0.1, 0.15) is 18.4 Å². The topological polar surface area (TPSA) is 48.0 Å². The van der Waals surface area contributed by atoms with Gasteiger partial charge in [0.2, 0.25) is 0 Å². The zero-order valence-corrected chi connectivity index (χ0v) is 16.6. The standard InChI is InChI=1S/C20H33N3O2S/c24-19(16-23-11-13-26-14-12-23)17-25-20-6-2-1-5-18(20)15-21-7-10-22-8-3-4-9-22/h1-2,5-6,19,21,24H,3-4,7-17H2/t19-/m0/s1. The molecule has 2 fully saturated rings. The van der Waals surface area contributed by atoms with Gasteiger partial charge in [-0.05, 0) is 32.0 Å². The van der Waals surface area contributed by atoms with Gasteiger partial charge in [-0.1, -0.05) is 18.2 Å². The first-order chi connectivity index (χ1) is 12.8. The lowest BCUT2D eigenvalue weighted by molar-refractivity contribution is 0.0711. The normalized spacial score (nSPS) is 20.3. The third-order valence-corrected chi connectivity index (χ3v) is 6.04. The quantitative estimate of drug-likeness (QED) is 0.603. The second kappa shape index (κ2) is 11.1. The van der Waals surface area contributed by atoms with Crippen molar-refractivity contribution in [2.45, 2.75) is 25.5 Å². The number of aliphatic hydroxyl groups excluding tert-OH is 1. The fourth-order valence-corrected chi connectivity index (χ4v) is 4.56. The largest absolute Gasteiger partial charge is 0.491 e. The van der Waals surface area contributed by atoms with Gasteiger partial charge in [-0.25, -0.2) is 0 Å². The summed E-state index contributed by atoms with van der Waals surface area (Å²) in [6, 6.07) is 8.15. The van der Waals surface area contributed by atoms with E-state index in [2.05, 4.69) is 21.2 Å². The summed E-state index contributed by atoms with van der Waals surface area (Å²) in [5.41, 5.74) is 1.16. The van der Waals surface area contributed by atoms with Gasteiger partial charge in [0, 0.05) is 56.3 Å². The highest BCUT2D eigenvalue weighted by molar-refractivity contribution is 7.99. The van der Waals surface area contributed by atoms with Gasteiger partial charge in [0.25, 0.3) is 0 Å². The Labute approximate surface area is 162 Å². The third-order valence-electron chi connectivity index (χ3n) is 5.10. The summed E-state index contributed by atoms with van der Waals surface area (Å²) in [6.45, 7) is 8.62. The second-order valence-corrected chi connectivity index (χ2v) is 8.44. The van der Waals surface area contributed by atoms with Crippen molar-refractivity contribution in [2.24, 2.45) is 0 Å². The minimum Gasteiger partial charge on any atom is -0.491 e. The molecule has 2 heterocycles. The summed E-state index contributed by atoms with van der Waals surface area (Å²) in [5.74, 6) is 3.22. The van der Waals surface area contributed by atoms with E-state index in [-0.39, 0.29) is 0 Å². The molecular weight excluding hydrogens is 346 g/mol. The average molecular weight is 380 g/mol. The van der Waals surface area contributed by atoms with E-state index in [1.807, 2.05) is 30.0 Å². The molecule has 0 saturated carbocycles. The Kier molecular flexibility index (Phi) is 8.55. The van der Waals surface area contributed by atoms with Gasteiger partial charge in [-0.2, -0.15) is 11.8 Å². The Morgan fingerprint density at radius 2 is 1.85 bits per heavy atom. The van der Waals surface area contributed by atoms with Crippen molar-refractivity contribution in [3.63, 3.8) is 0 Å². The minimum atomic E-state index is -0.436. The highest BCUT2D eigenvalue weighted by atomic mass is 32.2. The molecule has 3 rings (SSSR count). The predicted molar refractivity (Wildman–Crippen MR) is 109 cm³/mol. The second-order valence-electron chi connectivity index (χ2n) is 7.21. The molecule has 26 heavy (non-hydrogen) atoms. The zero-order chi connectivity index (χ0) is 18.0. The molecule has 0 unspecified atom stereocenters. The molecule has 2 aliphatic heterocycles. The van der Waals surface area contributed by atoms with Crippen LogP contribution in [0.5, 0.6) is 5.75 Å². The Hall–Kier alpha value is -0.790. The van der Waals surface area contributed by atoms with Crippen LogP contribution >= 0.6 is 11.8 Å². The number of para-hydroxylation sites is 1. The molecule has 1 aromatic rings. The first-order valence-electron chi connectivity index (χ1n) is 9.93. The number of aliphatic hydroxyl groups is 1. The Morgan fingerprint density at radius 1 is 1.08 bits per heavy atom. The lowest BCUT2D eigenvalue weighted by Gasteiger charge is -2.28. The average Bonchev–Trinajstić information content (AvgIpc) is 3.19. The van der Waals surface area contributed by atoms with Gasteiger partial charge in [-0.3, -0.25) is 4.90 Å². The minimum absolute atomic E-state index is 0.356. The monoisotopic (exact) mass is 379 g/mol. The fourth-order valence-electron chi connectivity index (χ4n) is 3.58. The maximum atomic E-state index is 10.3. The van der Waals surface area contributed by atoms with Crippen LogP contribution in [0.25, 0.3) is 0 Å². The van der Waals surface area contributed by atoms with Crippen LogP contribution in [0.2, 0.25) is 0 Å². The highest BCUT2D eigenvalue weighted by Gasteiger charge is 2.16. The smallest absolute Gasteiger partial charge is 0.123 e. The van der Waals surface area contributed by atoms with Crippen molar-refractivity contribution in [1.29, 1.82) is 0 Å². The van der Waals surface area contributed by atoms with Gasteiger partial charge in [0.15, 0.2) is 0 Å². The zero-order valence-electron chi connectivity index (χ0n) is 15.7. The fraction of sp³-hybridized carbons (Fsp3) is 0.700. The van der Waals surface area contributed by atoms with E-state index < -0.39 is 6.10 Å². The predicted octanol–water partition coefficient (Wildman–Crippen LogP) is 1.66. The summed E-state index contributed by atoms with van der Waals surface area (Å²) in [7, 11) is 0. The van der Waals surface area contributed by atoms with Crippen molar-refractivity contribution in [3.05, 3.63) is 29.8 Å². The molecule has 2 N–H and O–H groups in total. The number of ether oxygens (including phenoxy) is 1. The molecule has 1 atom stereocenters. The van der Waals surface area contributed by atoms with Crippen LogP contribution in [0.15, 0.2) is 24.3 Å². The molecule has 146 valence electrons. The molecule has 0 amide bonds. The van der Waals surface area contributed by atoms with E-state index >= 15 is 0 Å². The van der Waals surface area contributed by atoms with Gasteiger partial charge < -0.3 is 20.1 Å². The van der Waals surface area contributed by atoms with Gasteiger partial charge in [-0.15, -0.1) is 0 Å². The van der Waals surface area contributed by atoms with E-state index in [9.17, 15) is 5.11 Å². The van der Waals surface area contributed by atoms with Gasteiger partial charge >= 0.3 is 0 Å². The van der Waals surface area contributed by atoms with E-state index in [1.54, 1.807) is 0 Å². The molecular formula is C20H33N3O2S. The summed E-state index contributed by atoms with van der Waals surface area (Å²) in [4.78, 5) is 4.85. The molecule has 0 aliphatic carbocycles. The summed E-state index contributed by atoms with van der Waals surface area (Å²) in [6.07, 6.45) is 2.25. The molecule has 0 spiro atoms. The number of thioether (sulfide) groups is 1. The van der Waals surface area contributed by atoms with E-state index in [1.165, 1.54) is 37.4 Å². The molecule has 5 nitrogen and oxygen atoms in total. The molecule has 2 saturated heterocycles. The van der Waals surface area contributed by atoms with Crippen molar-refractivity contribution >= 4 is 11.8 Å². The van der Waals surface area contributed by atoms with Gasteiger partial charge in [0.05, 0.1) is 0 Å². The van der Waals surface area contributed by atoms with Crippen LogP contribution < -0.4 is 10.1 Å². The number of benzene rings is 1. The van der Waals surface area contributed by atoms with Crippen molar-refractivity contribution < 1.29 is 9.84 Å². The van der Waals surface area contributed by atoms with Gasteiger partial charge in [0.1, 0.15) is 18.5 Å². The van der Waals surface area contributed by atoms with Crippen LogP contribution in [-0.2, 0) is 6.54 Å². The lowest BCUT2D eigenvalue weighted by Crippen LogP contribution is -2.40. The van der Waals surface area contributed by atoms with Crippen molar-refractivity contribution in [3.8, 4) is 5.75 Å². The number of hydrogen-bond donors (Lipinski definition) is 2. The molecule has 6 heteroatoms. The number of nitrogens with one attached hydrogen (secondary N) is 1. The lowest BCUT2D eigenvalue weighted by atomic mass is 10.2. The van der Waals surface area contributed by atoms with Crippen LogP contribution in [0.4, 0.5) is 0 Å². The first kappa shape index (κ1) is 20.0. The Balaban J connectivity index is 1.38. The number of nitrogens with zero attached hydrogens (tertiary/aromatic N) is 2. The molecule has 1 aromatic carbocycles. The maximum Gasteiger partial charge on any atom is 0.123 e. The summed E-state index contributed by atoms with van der Waals surface area (Å²) < 4.78 is 5.94. The molecule has 0 bridgehead atoms. The number of rotatable bonds is 10. The Morgan fingerprint density at radius 3 is 2.65 bits per heavy atom. The van der Waals surface area contributed by atoms with Crippen LogP contribution in [0.3, 0.4) is 0 Å². The molecule has 2 aliphatic rings. The maximum absolute atomic E-state index is 10.3. The number of hydrogen-bond acceptors (Lipinski definition) is 6. The van der Waals surface area contributed by atoms with Crippen LogP contribution in [0, 0.1) is 0 Å². The summed E-state index contributed by atoms with van der Waals surface area (Å²) >= 11 is 1.99. The highest BCUT2D eigenvalue weighted by Crippen LogP contribution is 2.18. The van der Waals surface area contributed by atoms with Crippen molar-refractivity contribution in [1.82, 2.24) is 15.1 Å². The number of likely N-dealkylation sites (tertiary alicyclic amines) is 1. The van der Waals surface area contributed by atoms with E-state index in [0.717, 1.165) is 44.0 Å². The third kappa shape index (κ3) is 6.74. The molecule has 0 aromatic heterocycles.